The normalized spacial score (nSPS) is 18.8. The molecule has 1 aliphatic heterocycles. The van der Waals surface area contributed by atoms with Gasteiger partial charge in [-0.1, -0.05) is 19.1 Å². The second-order valence-electron chi connectivity index (χ2n) is 5.44. The average molecular weight is 336 g/mol. The lowest BCUT2D eigenvalue weighted by molar-refractivity contribution is -0.384. The van der Waals surface area contributed by atoms with Crippen molar-refractivity contribution in [2.24, 2.45) is 4.99 Å². The maximum atomic E-state index is 10.9. The average Bonchev–Trinajstić information content (AvgIpc) is 2.59. The van der Waals surface area contributed by atoms with Crippen LogP contribution in [0.3, 0.4) is 0 Å². The minimum absolute atomic E-state index is 0.114. The summed E-state index contributed by atoms with van der Waals surface area (Å²) in [6, 6.07) is 6.68. The smallest absolute Gasteiger partial charge is 0.269 e. The minimum atomic E-state index is -0.369. The van der Waals surface area contributed by atoms with Gasteiger partial charge in [-0.2, -0.15) is 11.8 Å². The Hall–Kier alpha value is -1.76. The Morgan fingerprint density at radius 1 is 1.52 bits per heavy atom. The lowest BCUT2D eigenvalue weighted by atomic mass is 10.2. The number of aliphatic imine (C=N–C) groups is 1. The summed E-state index contributed by atoms with van der Waals surface area (Å²) in [4.78, 5) is 17.5. The molecule has 0 aliphatic carbocycles. The van der Waals surface area contributed by atoms with Crippen LogP contribution in [-0.2, 0) is 6.54 Å². The highest BCUT2D eigenvalue weighted by atomic mass is 32.2. The van der Waals surface area contributed by atoms with Crippen molar-refractivity contribution in [1.29, 1.82) is 0 Å². The molecule has 1 heterocycles. The van der Waals surface area contributed by atoms with Crippen LogP contribution in [0.1, 0.15) is 25.8 Å². The van der Waals surface area contributed by atoms with Crippen LogP contribution >= 0.6 is 11.8 Å². The lowest BCUT2D eigenvalue weighted by Crippen LogP contribution is -2.48. The van der Waals surface area contributed by atoms with Gasteiger partial charge in [0.05, 0.1) is 11.5 Å². The number of nitrogens with one attached hydrogen (secondary N) is 1. The van der Waals surface area contributed by atoms with E-state index in [9.17, 15) is 10.1 Å². The number of nitro benzene ring substituents is 1. The van der Waals surface area contributed by atoms with Gasteiger partial charge in [0.1, 0.15) is 0 Å². The van der Waals surface area contributed by atoms with Crippen molar-refractivity contribution >= 4 is 23.4 Å². The van der Waals surface area contributed by atoms with E-state index >= 15 is 0 Å². The highest BCUT2D eigenvalue weighted by Crippen LogP contribution is 2.21. The molecule has 1 atom stereocenters. The van der Waals surface area contributed by atoms with E-state index in [4.69, 9.17) is 0 Å². The largest absolute Gasteiger partial charge is 0.357 e. The first-order valence-electron chi connectivity index (χ1n) is 8.02. The van der Waals surface area contributed by atoms with Gasteiger partial charge in [-0.25, -0.2) is 4.99 Å². The van der Waals surface area contributed by atoms with Crippen LogP contribution in [0, 0.1) is 10.1 Å². The first kappa shape index (κ1) is 17.6. The molecule has 0 radical (unpaired) electrons. The van der Waals surface area contributed by atoms with Crippen molar-refractivity contribution in [3.8, 4) is 0 Å². The Balaban J connectivity index is 2.09. The van der Waals surface area contributed by atoms with Gasteiger partial charge < -0.3 is 10.2 Å². The summed E-state index contributed by atoms with van der Waals surface area (Å²) in [5.74, 6) is 2.01. The highest BCUT2D eigenvalue weighted by Gasteiger charge is 2.21. The van der Waals surface area contributed by atoms with Crippen molar-refractivity contribution in [1.82, 2.24) is 10.2 Å². The summed E-state index contributed by atoms with van der Waals surface area (Å²) in [5.41, 5.74) is 0.969. The zero-order valence-corrected chi connectivity index (χ0v) is 14.5. The fourth-order valence-electron chi connectivity index (χ4n) is 2.52. The second-order valence-corrected chi connectivity index (χ2v) is 6.85. The van der Waals surface area contributed by atoms with Crippen LogP contribution in [0.25, 0.3) is 0 Å². The third-order valence-electron chi connectivity index (χ3n) is 3.76. The molecule has 1 saturated heterocycles. The molecule has 0 saturated carbocycles. The van der Waals surface area contributed by atoms with E-state index in [0.29, 0.717) is 11.8 Å². The number of guanidine groups is 1. The number of benzene rings is 1. The molecule has 0 aromatic heterocycles. The van der Waals surface area contributed by atoms with Crippen molar-refractivity contribution in [3.63, 3.8) is 0 Å². The Labute approximate surface area is 141 Å². The Morgan fingerprint density at radius 3 is 3.04 bits per heavy atom. The second kappa shape index (κ2) is 8.76. The SMILES string of the molecule is CCNC(=NCc1cccc([N+](=O)[O-])c1)N1CCSC(CC)C1. The van der Waals surface area contributed by atoms with E-state index in [1.807, 2.05) is 17.8 Å². The monoisotopic (exact) mass is 336 g/mol. The summed E-state index contributed by atoms with van der Waals surface area (Å²) in [5, 5.41) is 14.8. The van der Waals surface area contributed by atoms with Crippen LogP contribution in [0.4, 0.5) is 5.69 Å². The fourth-order valence-corrected chi connectivity index (χ4v) is 3.70. The lowest BCUT2D eigenvalue weighted by Gasteiger charge is -2.34. The number of rotatable bonds is 5. The van der Waals surface area contributed by atoms with Gasteiger partial charge in [-0.05, 0) is 18.9 Å². The van der Waals surface area contributed by atoms with Gasteiger partial charge in [-0.15, -0.1) is 0 Å². The van der Waals surface area contributed by atoms with Crippen molar-refractivity contribution in [2.75, 3.05) is 25.4 Å². The molecular weight excluding hydrogens is 312 g/mol. The van der Waals surface area contributed by atoms with Gasteiger partial charge in [0.15, 0.2) is 5.96 Å². The molecular formula is C16H24N4O2S. The third kappa shape index (κ3) is 5.13. The molecule has 1 aliphatic rings. The third-order valence-corrected chi connectivity index (χ3v) is 5.13. The molecule has 126 valence electrons. The summed E-state index contributed by atoms with van der Waals surface area (Å²) in [6.07, 6.45) is 1.16. The van der Waals surface area contributed by atoms with Crippen LogP contribution in [-0.4, -0.2) is 46.4 Å². The fraction of sp³-hybridized carbons (Fsp3) is 0.562. The standard InChI is InChI=1S/C16H24N4O2S/c1-3-15-12-19(8-9-23-15)16(17-4-2)18-11-13-6-5-7-14(10-13)20(21)22/h5-7,10,15H,3-4,8-9,11-12H2,1-2H3,(H,17,18). The molecule has 1 N–H and O–H groups in total. The number of nitro groups is 1. The van der Waals surface area contributed by atoms with Crippen molar-refractivity contribution in [3.05, 3.63) is 39.9 Å². The molecule has 7 heteroatoms. The number of thioether (sulfide) groups is 1. The van der Waals surface area contributed by atoms with Gasteiger partial charge in [-0.3, -0.25) is 10.1 Å². The highest BCUT2D eigenvalue weighted by molar-refractivity contribution is 8.00. The number of nitrogens with zero attached hydrogens (tertiary/aromatic N) is 3. The molecule has 6 nitrogen and oxygen atoms in total. The van der Waals surface area contributed by atoms with E-state index < -0.39 is 0 Å². The molecule has 1 unspecified atom stereocenters. The number of hydrogen-bond donors (Lipinski definition) is 1. The Kier molecular flexibility index (Phi) is 6.70. The van der Waals surface area contributed by atoms with E-state index in [0.717, 1.165) is 43.3 Å². The minimum Gasteiger partial charge on any atom is -0.357 e. The Morgan fingerprint density at radius 2 is 2.35 bits per heavy atom. The van der Waals surface area contributed by atoms with Gasteiger partial charge in [0.25, 0.3) is 5.69 Å². The molecule has 2 rings (SSSR count). The van der Waals surface area contributed by atoms with Gasteiger partial charge in [0, 0.05) is 42.8 Å². The van der Waals surface area contributed by atoms with Crippen LogP contribution < -0.4 is 5.32 Å². The molecule has 1 aromatic carbocycles. The van der Waals surface area contributed by atoms with E-state index in [-0.39, 0.29) is 10.6 Å². The molecule has 1 aromatic rings. The maximum Gasteiger partial charge on any atom is 0.269 e. The van der Waals surface area contributed by atoms with Gasteiger partial charge >= 0.3 is 0 Å². The van der Waals surface area contributed by atoms with Crippen LogP contribution in [0.2, 0.25) is 0 Å². The molecule has 1 fully saturated rings. The Bertz CT molecular complexity index is 565. The zero-order chi connectivity index (χ0) is 16.7. The summed E-state index contributed by atoms with van der Waals surface area (Å²) < 4.78 is 0. The zero-order valence-electron chi connectivity index (χ0n) is 13.7. The molecule has 0 spiro atoms. The van der Waals surface area contributed by atoms with Crippen LogP contribution in [0.5, 0.6) is 0 Å². The summed E-state index contributed by atoms with van der Waals surface area (Å²) in [7, 11) is 0. The van der Waals surface area contributed by atoms with E-state index in [2.05, 4.69) is 29.1 Å². The summed E-state index contributed by atoms with van der Waals surface area (Å²) in [6.45, 7) is 7.52. The van der Waals surface area contributed by atoms with Gasteiger partial charge in [0.2, 0.25) is 0 Å². The number of hydrogen-bond acceptors (Lipinski definition) is 4. The number of non-ortho nitro benzene ring substituents is 1. The summed E-state index contributed by atoms with van der Waals surface area (Å²) >= 11 is 2.02. The first-order chi connectivity index (χ1) is 11.1. The van der Waals surface area contributed by atoms with Crippen molar-refractivity contribution in [2.45, 2.75) is 32.1 Å². The predicted octanol–water partition coefficient (Wildman–Crippen LogP) is 2.89. The molecule has 0 bridgehead atoms. The molecule has 0 amide bonds. The van der Waals surface area contributed by atoms with Crippen molar-refractivity contribution < 1.29 is 4.92 Å². The van der Waals surface area contributed by atoms with E-state index in [1.165, 1.54) is 6.07 Å². The predicted molar refractivity (Wildman–Crippen MR) is 96.0 cm³/mol. The maximum absolute atomic E-state index is 10.9. The van der Waals surface area contributed by atoms with E-state index in [1.54, 1.807) is 12.1 Å². The quantitative estimate of drug-likeness (QED) is 0.387. The molecule has 23 heavy (non-hydrogen) atoms. The van der Waals surface area contributed by atoms with Crippen LogP contribution in [0.15, 0.2) is 29.3 Å². The topological polar surface area (TPSA) is 70.8 Å². The first-order valence-corrected chi connectivity index (χ1v) is 9.07.